The fraction of sp³-hybridized carbons (Fsp3) is 0.868. The normalized spacial score (nSPS) is 12.5. The smallest absolute Gasteiger partial charge is 0.306 e. The van der Waals surface area contributed by atoms with E-state index in [9.17, 15) is 9.90 Å². The molecule has 0 heterocycles. The van der Waals surface area contributed by atoms with Crippen molar-refractivity contribution in [1.82, 2.24) is 0 Å². The molecule has 0 saturated heterocycles. The van der Waals surface area contributed by atoms with Gasteiger partial charge in [0.2, 0.25) is 0 Å². The topological polar surface area (TPSA) is 55.8 Å². The van der Waals surface area contributed by atoms with E-state index in [2.05, 4.69) is 50.3 Å². The number of aliphatic hydroxyl groups is 1. The van der Waals surface area contributed by atoms with Crippen LogP contribution in [0.25, 0.3) is 0 Å². The lowest BCUT2D eigenvalue weighted by atomic mass is 10.0. The van der Waals surface area contributed by atoms with Crippen LogP contribution in [0.15, 0.2) is 36.5 Å². The van der Waals surface area contributed by atoms with Crippen molar-refractivity contribution in [3.8, 4) is 0 Å². The third-order valence-electron chi connectivity index (χ3n) is 11.4. The Hall–Kier alpha value is -1.39. The van der Waals surface area contributed by atoms with Gasteiger partial charge >= 0.3 is 5.97 Å². The third kappa shape index (κ3) is 48.9. The molecular weight excluding hydrogens is 701 g/mol. The molecule has 0 radical (unpaired) electrons. The Kier molecular flexibility index (Phi) is 49.5. The lowest BCUT2D eigenvalue weighted by molar-refractivity contribution is -0.154. The van der Waals surface area contributed by atoms with Gasteiger partial charge < -0.3 is 14.6 Å². The van der Waals surface area contributed by atoms with Crippen molar-refractivity contribution in [2.75, 3.05) is 19.8 Å². The number of esters is 1. The number of aliphatic hydroxyl groups excluding tert-OH is 1. The van der Waals surface area contributed by atoms with Crippen LogP contribution in [0.4, 0.5) is 0 Å². The van der Waals surface area contributed by atoms with Gasteiger partial charge in [0.15, 0.2) is 0 Å². The Balaban J connectivity index is 3.38. The molecule has 0 spiro atoms. The molecule has 0 saturated carbocycles. The molecule has 1 atom stereocenters. The number of hydrogen-bond donors (Lipinski definition) is 1. The Labute approximate surface area is 357 Å². The minimum Gasteiger partial charge on any atom is -0.457 e. The van der Waals surface area contributed by atoms with Crippen molar-refractivity contribution in [3.63, 3.8) is 0 Å². The number of carbonyl (C=O) groups excluding carboxylic acids is 1. The van der Waals surface area contributed by atoms with Gasteiger partial charge in [0.05, 0.1) is 13.2 Å². The van der Waals surface area contributed by atoms with E-state index in [4.69, 9.17) is 9.47 Å². The molecule has 4 nitrogen and oxygen atoms in total. The Bertz CT molecular complexity index is 848. The maximum atomic E-state index is 12.3. The molecule has 0 aliphatic heterocycles. The van der Waals surface area contributed by atoms with Gasteiger partial charge in [-0.15, -0.1) is 0 Å². The summed E-state index contributed by atoms with van der Waals surface area (Å²) >= 11 is 0. The fourth-order valence-corrected chi connectivity index (χ4v) is 7.59. The van der Waals surface area contributed by atoms with Crippen LogP contribution in [0.3, 0.4) is 0 Å². The predicted octanol–water partition coefficient (Wildman–Crippen LogP) is 17.2. The molecule has 0 aromatic heterocycles. The second-order valence-electron chi connectivity index (χ2n) is 17.2. The summed E-state index contributed by atoms with van der Waals surface area (Å²) in [7, 11) is 0. The van der Waals surface area contributed by atoms with Crippen molar-refractivity contribution in [2.45, 2.75) is 277 Å². The molecule has 1 N–H and O–H groups in total. The van der Waals surface area contributed by atoms with Gasteiger partial charge in [-0.25, -0.2) is 0 Å². The molecule has 336 valence electrons. The highest BCUT2D eigenvalue weighted by Gasteiger charge is 2.13. The van der Waals surface area contributed by atoms with E-state index in [1.807, 2.05) is 0 Å². The monoisotopic (exact) mass is 801 g/mol. The summed E-state index contributed by atoms with van der Waals surface area (Å²) in [6, 6.07) is 0. The first kappa shape index (κ1) is 55.6. The van der Waals surface area contributed by atoms with Crippen LogP contribution in [0.1, 0.15) is 271 Å². The molecule has 0 aromatic carbocycles. The quantitative estimate of drug-likeness (QED) is 0.0378. The Morgan fingerprint density at radius 1 is 0.421 bits per heavy atom. The molecule has 0 aliphatic rings. The fourth-order valence-electron chi connectivity index (χ4n) is 7.59. The minimum atomic E-state index is -0.535. The van der Waals surface area contributed by atoms with Gasteiger partial charge in [-0.2, -0.15) is 0 Å². The van der Waals surface area contributed by atoms with Crippen LogP contribution in [0.5, 0.6) is 0 Å². The van der Waals surface area contributed by atoms with Crippen LogP contribution in [0.2, 0.25) is 0 Å². The summed E-state index contributed by atoms with van der Waals surface area (Å²) in [6.45, 7) is 5.35. The largest absolute Gasteiger partial charge is 0.457 e. The maximum absolute atomic E-state index is 12.3. The SMILES string of the molecule is CCCCC/C=C\C/C=C\CCCCCCCCCCCCOCC(CO)OC(=O)CCCCCCCCCCCCCCC/C=C\CCCCCCCCCC. The van der Waals surface area contributed by atoms with E-state index in [-0.39, 0.29) is 12.6 Å². The molecular formula is C53H100O4. The number of unbranched alkanes of at least 4 members (excludes halogenated alkanes) is 34. The summed E-state index contributed by atoms with van der Waals surface area (Å²) in [5.41, 5.74) is 0. The summed E-state index contributed by atoms with van der Waals surface area (Å²) < 4.78 is 11.2. The summed E-state index contributed by atoms with van der Waals surface area (Å²) in [6.07, 6.45) is 65.2. The zero-order valence-corrected chi connectivity index (χ0v) is 38.6. The van der Waals surface area contributed by atoms with Crippen molar-refractivity contribution < 1.29 is 19.4 Å². The molecule has 0 fully saturated rings. The van der Waals surface area contributed by atoms with Gasteiger partial charge in [-0.1, -0.05) is 230 Å². The van der Waals surface area contributed by atoms with E-state index < -0.39 is 6.10 Å². The molecule has 0 aliphatic carbocycles. The average Bonchev–Trinajstić information content (AvgIpc) is 3.22. The van der Waals surface area contributed by atoms with Crippen molar-refractivity contribution in [3.05, 3.63) is 36.5 Å². The van der Waals surface area contributed by atoms with E-state index in [0.29, 0.717) is 19.6 Å². The number of hydrogen-bond acceptors (Lipinski definition) is 4. The Morgan fingerprint density at radius 3 is 1.14 bits per heavy atom. The molecule has 0 rings (SSSR count). The highest BCUT2D eigenvalue weighted by molar-refractivity contribution is 5.69. The molecule has 57 heavy (non-hydrogen) atoms. The number of rotatable bonds is 48. The third-order valence-corrected chi connectivity index (χ3v) is 11.4. The average molecular weight is 801 g/mol. The van der Waals surface area contributed by atoms with Gasteiger partial charge in [-0.05, 0) is 70.6 Å². The van der Waals surface area contributed by atoms with E-state index in [0.717, 1.165) is 25.7 Å². The first-order valence-corrected chi connectivity index (χ1v) is 25.6. The first-order valence-electron chi connectivity index (χ1n) is 25.6. The summed E-state index contributed by atoms with van der Waals surface area (Å²) in [5.74, 6) is -0.198. The molecule has 0 amide bonds. The van der Waals surface area contributed by atoms with E-state index >= 15 is 0 Å². The maximum Gasteiger partial charge on any atom is 0.306 e. The predicted molar refractivity (Wildman–Crippen MR) is 251 cm³/mol. The zero-order chi connectivity index (χ0) is 41.2. The number of ether oxygens (including phenoxy) is 2. The summed E-state index contributed by atoms with van der Waals surface area (Å²) in [4.78, 5) is 12.3. The first-order chi connectivity index (χ1) is 28.2. The lowest BCUT2D eigenvalue weighted by Gasteiger charge is -2.16. The highest BCUT2D eigenvalue weighted by atomic mass is 16.6. The molecule has 0 aromatic rings. The van der Waals surface area contributed by atoms with Gasteiger partial charge in [0.1, 0.15) is 6.10 Å². The molecule has 4 heteroatoms. The number of allylic oxidation sites excluding steroid dienone is 6. The van der Waals surface area contributed by atoms with E-state index in [1.165, 1.54) is 225 Å². The number of carbonyl (C=O) groups is 1. The second-order valence-corrected chi connectivity index (χ2v) is 17.2. The van der Waals surface area contributed by atoms with Crippen molar-refractivity contribution in [2.24, 2.45) is 0 Å². The van der Waals surface area contributed by atoms with Crippen molar-refractivity contribution >= 4 is 5.97 Å². The van der Waals surface area contributed by atoms with Gasteiger partial charge in [0.25, 0.3) is 0 Å². The standard InChI is InChI=1S/C53H100O4/c1-3-5-7-9-11-13-15-17-19-21-23-25-26-27-28-29-30-32-34-36-38-40-42-44-46-48-53(55)57-52(50-54)51-56-49-47-45-43-41-39-37-35-33-31-24-22-20-18-16-14-12-10-8-6-4-2/h12,14,18,20-21,23,52,54H,3-11,13,15-17,19,22,24-51H2,1-2H3/b14-12-,20-18-,23-21-. The van der Waals surface area contributed by atoms with Crippen LogP contribution >= 0.6 is 0 Å². The van der Waals surface area contributed by atoms with Gasteiger partial charge in [0, 0.05) is 13.0 Å². The van der Waals surface area contributed by atoms with Crippen LogP contribution in [0, 0.1) is 0 Å². The van der Waals surface area contributed by atoms with Crippen molar-refractivity contribution in [1.29, 1.82) is 0 Å². The van der Waals surface area contributed by atoms with Gasteiger partial charge in [-0.3, -0.25) is 4.79 Å². The Morgan fingerprint density at radius 2 is 0.737 bits per heavy atom. The molecule has 0 bridgehead atoms. The van der Waals surface area contributed by atoms with Crippen LogP contribution in [-0.4, -0.2) is 37.0 Å². The molecule has 1 unspecified atom stereocenters. The van der Waals surface area contributed by atoms with Crippen LogP contribution in [-0.2, 0) is 14.3 Å². The minimum absolute atomic E-state index is 0.170. The second kappa shape index (κ2) is 50.8. The van der Waals surface area contributed by atoms with E-state index in [1.54, 1.807) is 0 Å². The lowest BCUT2D eigenvalue weighted by Crippen LogP contribution is -2.27. The summed E-state index contributed by atoms with van der Waals surface area (Å²) in [5, 5.41) is 9.65. The highest BCUT2D eigenvalue weighted by Crippen LogP contribution is 2.16. The zero-order valence-electron chi connectivity index (χ0n) is 38.6. The van der Waals surface area contributed by atoms with Crippen LogP contribution < -0.4 is 0 Å².